The molecule has 1 radical (unpaired) electrons. The van der Waals surface area contributed by atoms with Gasteiger partial charge in [-0.3, -0.25) is 4.39 Å². The van der Waals surface area contributed by atoms with Crippen molar-refractivity contribution in [3.05, 3.63) is 6.43 Å². The van der Waals surface area contributed by atoms with Crippen LogP contribution in [0.15, 0.2) is 0 Å². The molecule has 0 heterocycles. The quantitative estimate of drug-likeness (QED) is 0.556. The molecule has 0 unspecified atom stereocenters. The molecule has 0 aromatic carbocycles. The van der Waals surface area contributed by atoms with Crippen molar-refractivity contribution < 1.29 is 22.0 Å². The van der Waals surface area contributed by atoms with Crippen molar-refractivity contribution in [1.82, 2.24) is 0 Å². The van der Waals surface area contributed by atoms with Crippen molar-refractivity contribution in [1.29, 1.82) is 0 Å². The van der Waals surface area contributed by atoms with E-state index in [1.807, 2.05) is 0 Å². The smallest absolute Gasteiger partial charge is 0.251 e. The topological polar surface area (TPSA) is 0 Å². The molecule has 0 aliphatic heterocycles. The Balaban J connectivity index is 3.63. The number of halogens is 5. The second kappa shape index (κ2) is 3.73. The first kappa shape index (κ1) is 9.65. The average molecular weight is 161 g/mol. The van der Waals surface area contributed by atoms with Crippen LogP contribution in [0.5, 0.6) is 0 Å². The van der Waals surface area contributed by atoms with Crippen LogP contribution in [-0.2, 0) is 0 Å². The molecule has 10 heavy (non-hydrogen) atoms. The largest absolute Gasteiger partial charge is 0.316 e. The first-order chi connectivity index (χ1) is 4.48. The molecule has 0 spiro atoms. The van der Waals surface area contributed by atoms with Gasteiger partial charge in [0.15, 0.2) is 0 Å². The van der Waals surface area contributed by atoms with Gasteiger partial charge >= 0.3 is 6.43 Å². The van der Waals surface area contributed by atoms with E-state index in [-0.39, 0.29) is 0 Å². The second-order valence-corrected chi connectivity index (χ2v) is 1.81. The first-order valence-corrected chi connectivity index (χ1v) is 2.58. The molecule has 0 aliphatic rings. The molecule has 0 nitrogen and oxygen atoms in total. The van der Waals surface area contributed by atoms with Gasteiger partial charge in [-0.25, -0.2) is 8.78 Å². The minimum atomic E-state index is -3.59. The van der Waals surface area contributed by atoms with Crippen LogP contribution in [0.25, 0.3) is 0 Å². The van der Waals surface area contributed by atoms with E-state index in [1.165, 1.54) is 0 Å². The summed E-state index contributed by atoms with van der Waals surface area (Å²) in [6, 6.07) is 0. The van der Waals surface area contributed by atoms with E-state index in [4.69, 9.17) is 0 Å². The van der Waals surface area contributed by atoms with Crippen molar-refractivity contribution in [2.75, 3.05) is 6.67 Å². The van der Waals surface area contributed by atoms with Gasteiger partial charge in [-0.15, -0.1) is 0 Å². The summed E-state index contributed by atoms with van der Waals surface area (Å²) in [5, 5.41) is 0. The van der Waals surface area contributed by atoms with Gasteiger partial charge in [-0.05, 0) is 0 Å². The molecule has 0 bridgehead atoms. The lowest BCUT2D eigenvalue weighted by atomic mass is 10.2. The van der Waals surface area contributed by atoms with Crippen LogP contribution in [0, 0.1) is 6.43 Å². The predicted molar refractivity (Wildman–Crippen MR) is 25.6 cm³/mol. The van der Waals surface area contributed by atoms with E-state index in [1.54, 1.807) is 0 Å². The lowest BCUT2D eigenvalue weighted by Gasteiger charge is -2.11. The van der Waals surface area contributed by atoms with Gasteiger partial charge < -0.3 is 0 Å². The van der Waals surface area contributed by atoms with Crippen LogP contribution in [0.4, 0.5) is 22.0 Å². The summed E-state index contributed by atoms with van der Waals surface area (Å²) in [5.74, 6) is -3.59. The van der Waals surface area contributed by atoms with Gasteiger partial charge in [0, 0.05) is 6.42 Å². The maximum atomic E-state index is 11.9. The maximum absolute atomic E-state index is 11.9. The predicted octanol–water partition coefficient (Wildman–Crippen LogP) is 2.80. The Hall–Kier alpha value is -0.350. The molecule has 0 N–H and O–H groups in total. The molecule has 0 rings (SSSR count). The molecule has 0 saturated heterocycles. The van der Waals surface area contributed by atoms with Crippen molar-refractivity contribution in [2.24, 2.45) is 0 Å². The van der Waals surface area contributed by atoms with Gasteiger partial charge in [-0.2, -0.15) is 8.78 Å². The standard InChI is InChI=1S/C5H6F5/c6-2-1-5(9,10)3-4(7)8/h1-3H2. The third-order valence-electron chi connectivity index (χ3n) is 0.853. The van der Waals surface area contributed by atoms with Crippen LogP contribution >= 0.6 is 0 Å². The average Bonchev–Trinajstić information content (AvgIpc) is 1.59. The lowest BCUT2D eigenvalue weighted by molar-refractivity contribution is -0.0361. The highest BCUT2D eigenvalue weighted by molar-refractivity contribution is 4.74. The van der Waals surface area contributed by atoms with Crippen LogP contribution in [0.1, 0.15) is 12.8 Å². The zero-order valence-corrected chi connectivity index (χ0v) is 5.01. The van der Waals surface area contributed by atoms with E-state index in [0.29, 0.717) is 0 Å². The van der Waals surface area contributed by atoms with Crippen molar-refractivity contribution in [3.8, 4) is 0 Å². The molecule has 0 saturated carbocycles. The van der Waals surface area contributed by atoms with Gasteiger partial charge in [0.05, 0.1) is 13.1 Å². The third-order valence-corrected chi connectivity index (χ3v) is 0.853. The summed E-state index contributed by atoms with van der Waals surface area (Å²) >= 11 is 0. The number of hydrogen-bond donors (Lipinski definition) is 0. The van der Waals surface area contributed by atoms with E-state index in [0.717, 1.165) is 0 Å². The summed E-state index contributed by atoms with van der Waals surface area (Å²) in [4.78, 5) is 0. The zero-order chi connectivity index (χ0) is 8.20. The van der Waals surface area contributed by atoms with Crippen LogP contribution in [0.3, 0.4) is 0 Å². The minimum Gasteiger partial charge on any atom is -0.251 e. The molecule has 0 fully saturated rings. The zero-order valence-electron chi connectivity index (χ0n) is 5.01. The first-order valence-electron chi connectivity index (χ1n) is 2.58. The normalized spacial score (nSPS) is 12.6. The maximum Gasteiger partial charge on any atom is 0.316 e. The van der Waals surface area contributed by atoms with E-state index >= 15 is 0 Å². The molecular formula is C5H6F5. The monoisotopic (exact) mass is 161 g/mol. The Labute approximate surface area is 55.0 Å². The van der Waals surface area contributed by atoms with Crippen LogP contribution in [-0.4, -0.2) is 12.6 Å². The Bertz CT molecular complexity index is 90.0. The number of hydrogen-bond acceptors (Lipinski definition) is 0. The molecule has 5 heteroatoms. The fourth-order valence-corrected chi connectivity index (χ4v) is 0.422. The van der Waals surface area contributed by atoms with Crippen molar-refractivity contribution in [2.45, 2.75) is 18.8 Å². The lowest BCUT2D eigenvalue weighted by Crippen LogP contribution is -2.17. The summed E-state index contributed by atoms with van der Waals surface area (Å²) < 4.78 is 57.4. The van der Waals surface area contributed by atoms with Gasteiger partial charge in [-0.1, -0.05) is 0 Å². The van der Waals surface area contributed by atoms with Gasteiger partial charge in [0.25, 0.3) is 5.92 Å². The highest BCUT2D eigenvalue weighted by Gasteiger charge is 2.33. The Morgan fingerprint density at radius 1 is 1.20 bits per heavy atom. The molecule has 61 valence electrons. The number of rotatable bonds is 4. The van der Waals surface area contributed by atoms with E-state index in [9.17, 15) is 22.0 Å². The van der Waals surface area contributed by atoms with Gasteiger partial charge in [0.1, 0.15) is 0 Å². The highest BCUT2D eigenvalue weighted by Crippen LogP contribution is 2.29. The van der Waals surface area contributed by atoms with Crippen molar-refractivity contribution in [3.63, 3.8) is 0 Å². The third kappa shape index (κ3) is 4.52. The van der Waals surface area contributed by atoms with E-state index < -0.39 is 31.9 Å². The van der Waals surface area contributed by atoms with Crippen molar-refractivity contribution >= 4 is 0 Å². The second-order valence-electron chi connectivity index (χ2n) is 1.81. The minimum absolute atomic E-state index is 1.13. The number of alkyl halides is 3. The summed E-state index contributed by atoms with van der Waals surface area (Å²) in [5.41, 5.74) is 0. The molecule has 0 amide bonds. The Morgan fingerprint density at radius 3 is 2.00 bits per heavy atom. The highest BCUT2D eigenvalue weighted by atomic mass is 19.3. The van der Waals surface area contributed by atoms with Crippen LogP contribution < -0.4 is 0 Å². The molecule has 0 atom stereocenters. The Kier molecular flexibility index (Phi) is 3.60. The summed E-state index contributed by atoms with van der Waals surface area (Å²) in [6.45, 7) is -1.28. The Morgan fingerprint density at radius 2 is 1.70 bits per heavy atom. The SMILES string of the molecule is FCCC(F)(F)C[C](F)F. The fraction of sp³-hybridized carbons (Fsp3) is 0.800. The molecule has 0 aromatic rings. The fourth-order valence-electron chi connectivity index (χ4n) is 0.422. The summed E-state index contributed by atoms with van der Waals surface area (Å²) in [6.07, 6.45) is -5.13. The summed E-state index contributed by atoms with van der Waals surface area (Å²) in [7, 11) is 0. The molecule has 0 aromatic heterocycles. The molecule has 0 aliphatic carbocycles. The molecular weight excluding hydrogens is 155 g/mol. The van der Waals surface area contributed by atoms with Gasteiger partial charge in [0.2, 0.25) is 0 Å². The van der Waals surface area contributed by atoms with E-state index in [2.05, 4.69) is 0 Å². The van der Waals surface area contributed by atoms with Crippen LogP contribution in [0.2, 0.25) is 0 Å².